The maximum absolute atomic E-state index is 14.9. The van der Waals surface area contributed by atoms with Gasteiger partial charge in [0.2, 0.25) is 6.79 Å². The van der Waals surface area contributed by atoms with Crippen LogP contribution in [0.5, 0.6) is 40.2 Å². The Morgan fingerprint density at radius 3 is 2.53 bits per heavy atom. The van der Waals surface area contributed by atoms with Crippen molar-refractivity contribution in [1.82, 2.24) is 10.2 Å². The van der Waals surface area contributed by atoms with E-state index in [1.165, 1.54) is 18.7 Å². The summed E-state index contributed by atoms with van der Waals surface area (Å²) < 4.78 is 49.2. The van der Waals surface area contributed by atoms with Gasteiger partial charge in [0.15, 0.2) is 40.0 Å². The van der Waals surface area contributed by atoms with Gasteiger partial charge in [0, 0.05) is 47.2 Å². The van der Waals surface area contributed by atoms with E-state index in [4.69, 9.17) is 43.2 Å². The number of esters is 2. The number of nitrogens with one attached hydrogen (secondary N) is 1. The highest BCUT2D eigenvalue weighted by Crippen LogP contribution is 2.65. The van der Waals surface area contributed by atoms with Gasteiger partial charge in [-0.15, -0.1) is 11.8 Å². The molecule has 7 aliphatic rings. The van der Waals surface area contributed by atoms with Crippen molar-refractivity contribution >= 4 is 23.7 Å². The Kier molecular flexibility index (Phi) is 10.2. The number of carbonyl (C=O) groups excluding carboxylic acids is 2. The van der Waals surface area contributed by atoms with Gasteiger partial charge in [-0.05, 0) is 66.6 Å². The van der Waals surface area contributed by atoms with Crippen LogP contribution in [0.4, 0.5) is 0 Å². The third-order valence-corrected chi connectivity index (χ3v) is 13.8. The van der Waals surface area contributed by atoms with Crippen LogP contribution in [-0.2, 0) is 32.7 Å². The van der Waals surface area contributed by atoms with Crippen molar-refractivity contribution in [3.8, 4) is 40.2 Å². The minimum Gasteiger partial charge on any atom is -0.648 e. The van der Waals surface area contributed by atoms with E-state index in [1.54, 1.807) is 26.4 Å². The van der Waals surface area contributed by atoms with Crippen molar-refractivity contribution in [2.24, 2.45) is 0 Å². The maximum Gasteiger partial charge on any atom is 0.331 e. The van der Waals surface area contributed by atoms with Gasteiger partial charge >= 0.3 is 11.9 Å². The molecule has 14 nitrogen and oxygen atoms in total. The van der Waals surface area contributed by atoms with Crippen molar-refractivity contribution in [2.45, 2.75) is 74.8 Å². The van der Waals surface area contributed by atoms with Crippen LogP contribution in [0.25, 0.3) is 5.32 Å². The molecule has 15 heteroatoms. The van der Waals surface area contributed by atoms with Crippen LogP contribution in [0.2, 0.25) is 0 Å². The first-order valence-electron chi connectivity index (χ1n) is 19.8. The lowest BCUT2D eigenvalue weighted by atomic mass is 9.74. The molecule has 7 atom stereocenters. The quantitative estimate of drug-likeness (QED) is 0.157. The Hall–Kier alpha value is -4.93. The highest BCUT2D eigenvalue weighted by molar-refractivity contribution is 7.99. The van der Waals surface area contributed by atoms with Crippen LogP contribution in [0.1, 0.15) is 68.8 Å². The van der Waals surface area contributed by atoms with Crippen LogP contribution in [0.15, 0.2) is 43.5 Å². The van der Waals surface area contributed by atoms with E-state index in [9.17, 15) is 14.7 Å². The Balaban J connectivity index is 1.29. The normalized spacial score (nSPS) is 27.3. The molecule has 0 saturated carbocycles. The fraction of sp³-hybridized carbons (Fsp3) is 0.455. The van der Waals surface area contributed by atoms with Gasteiger partial charge in [0.25, 0.3) is 0 Å². The zero-order valence-electron chi connectivity index (χ0n) is 33.8. The number of aliphatic hydroxyl groups excluding tert-OH is 1. The van der Waals surface area contributed by atoms with Gasteiger partial charge in [0.05, 0.1) is 26.5 Å². The average Bonchev–Trinajstić information content (AvgIpc) is 3.73. The summed E-state index contributed by atoms with van der Waals surface area (Å²) in [6, 6.07) is 3.45. The molecule has 3 aromatic rings. The number of rotatable bonds is 9. The number of thioether (sulfide) groups is 1. The van der Waals surface area contributed by atoms with Gasteiger partial charge < -0.3 is 48.3 Å². The molecule has 10 rings (SSSR count). The summed E-state index contributed by atoms with van der Waals surface area (Å²) >= 11 is 1.51. The molecule has 2 N–H and O–H groups in total. The van der Waals surface area contributed by atoms with E-state index in [0.717, 1.165) is 27.8 Å². The molecule has 59 heavy (non-hydrogen) atoms. The summed E-state index contributed by atoms with van der Waals surface area (Å²) in [6.07, 6.45) is 3.35. The van der Waals surface area contributed by atoms with E-state index in [2.05, 4.69) is 24.5 Å². The number of carbonyl (C=O) groups is 2. The van der Waals surface area contributed by atoms with E-state index < -0.39 is 53.1 Å². The van der Waals surface area contributed by atoms with Gasteiger partial charge in [-0.1, -0.05) is 43.5 Å². The fourth-order valence-corrected chi connectivity index (χ4v) is 11.7. The first-order valence-corrected chi connectivity index (χ1v) is 20.8. The third kappa shape index (κ3) is 6.06. The smallest absolute Gasteiger partial charge is 0.331 e. The van der Waals surface area contributed by atoms with E-state index >= 15 is 0 Å². The third-order valence-electron chi connectivity index (χ3n) is 12.3. The predicted octanol–water partition coefficient (Wildman–Crippen LogP) is 5.57. The van der Waals surface area contributed by atoms with E-state index in [1.807, 2.05) is 30.9 Å². The van der Waals surface area contributed by atoms with Crippen molar-refractivity contribution in [3.63, 3.8) is 0 Å². The number of ether oxygens (including phenoxy) is 8. The minimum atomic E-state index is -1.33. The van der Waals surface area contributed by atoms with Crippen molar-refractivity contribution in [3.05, 3.63) is 93.3 Å². The van der Waals surface area contributed by atoms with E-state index in [0.29, 0.717) is 76.3 Å². The molecule has 0 amide bonds. The monoisotopic (exact) mass is 826 g/mol. The Labute approximate surface area is 347 Å². The second-order valence-corrected chi connectivity index (χ2v) is 16.7. The SMILES string of the molecule is C=CCOc1cc2c(cc1OC)[C@@]1(CS[C@@H]3c4c(OC(C)=O)c(C)c5c(c4[C@H](COC1=O)N1C3[C@@H]3[N-][C@@H](Cc4cc(C)c(OC)c(OCC=C)c43)[C@@H]1O)OCO5)NCC2. The number of hydrogen-bond donors (Lipinski definition) is 2. The lowest BCUT2D eigenvalue weighted by molar-refractivity contribution is -0.160. The number of fused-ring (bicyclic) bond motifs is 9. The summed E-state index contributed by atoms with van der Waals surface area (Å²) in [5, 5.41) is 21.0. The van der Waals surface area contributed by atoms with Crippen molar-refractivity contribution in [1.29, 1.82) is 0 Å². The molecule has 7 aliphatic heterocycles. The number of hydrogen-bond acceptors (Lipinski definition) is 14. The topological polar surface area (TPSA) is 158 Å². The Morgan fingerprint density at radius 1 is 1.00 bits per heavy atom. The van der Waals surface area contributed by atoms with Gasteiger partial charge in [-0.2, -0.15) is 0 Å². The Bertz CT molecular complexity index is 2270. The summed E-state index contributed by atoms with van der Waals surface area (Å²) in [6.45, 7) is 13.7. The molecule has 7 heterocycles. The molecular formula is C44H48N3O11S-. The zero-order valence-corrected chi connectivity index (χ0v) is 34.6. The second-order valence-electron chi connectivity index (χ2n) is 15.6. The van der Waals surface area contributed by atoms with Crippen molar-refractivity contribution in [2.75, 3.05) is 53.1 Å². The number of nitrogens with zero attached hydrogens (tertiary/aromatic N) is 2. The summed E-state index contributed by atoms with van der Waals surface area (Å²) in [5.74, 6) is 2.64. The number of methoxy groups -OCH3 is 2. The highest BCUT2D eigenvalue weighted by Gasteiger charge is 2.57. The number of piperazine rings is 1. The predicted molar refractivity (Wildman–Crippen MR) is 218 cm³/mol. The van der Waals surface area contributed by atoms with Crippen LogP contribution in [0, 0.1) is 13.8 Å². The fourth-order valence-electron chi connectivity index (χ4n) is 10.00. The van der Waals surface area contributed by atoms with Gasteiger partial charge in [-0.3, -0.25) is 15.0 Å². The van der Waals surface area contributed by atoms with Crippen LogP contribution >= 0.6 is 11.8 Å². The Morgan fingerprint density at radius 2 is 1.78 bits per heavy atom. The number of benzene rings is 3. The molecule has 3 aromatic carbocycles. The second kappa shape index (κ2) is 15.3. The average molecular weight is 827 g/mol. The van der Waals surface area contributed by atoms with Crippen LogP contribution < -0.4 is 38.5 Å². The summed E-state index contributed by atoms with van der Waals surface area (Å²) in [7, 11) is 3.19. The molecule has 0 aliphatic carbocycles. The summed E-state index contributed by atoms with van der Waals surface area (Å²) in [5.41, 5.74) is 5.01. The number of aliphatic hydroxyl groups is 1. The lowest BCUT2D eigenvalue weighted by Crippen LogP contribution is -2.64. The first-order chi connectivity index (χ1) is 28.6. The number of aryl methyl sites for hydroxylation is 1. The molecular weight excluding hydrogens is 779 g/mol. The zero-order chi connectivity index (χ0) is 41.3. The standard InChI is InChI=1S/C44H48N3O11S/c1-8-12-53-30-16-24-10-11-45-44(26(24)17-29(30)51-6)19-59-41-33-32(40-38(56-20-57-40)22(4)37(33)58-23(5)48)28(18-55-43(44)50)47-35(41)34-31-25(15-27(46-34)42(47)49)14-21(3)36(52-7)39(31)54-13-9-2/h8-9,14,16-17,27-28,34-35,41-42,45,49H,1-2,10-13,15,18-20H2,3-7H3/q-1/t27-,28-,34+,35?,41+,42-,44+/m0/s1. The molecule has 1 spiro atoms. The van der Waals surface area contributed by atoms with E-state index in [-0.39, 0.29) is 32.4 Å². The van der Waals surface area contributed by atoms with Crippen molar-refractivity contribution < 1.29 is 52.6 Å². The first kappa shape index (κ1) is 39.5. The molecule has 2 saturated heterocycles. The highest BCUT2D eigenvalue weighted by atomic mass is 32.2. The molecule has 4 bridgehead atoms. The summed E-state index contributed by atoms with van der Waals surface area (Å²) in [4.78, 5) is 30.0. The molecule has 312 valence electrons. The largest absolute Gasteiger partial charge is 0.648 e. The maximum atomic E-state index is 14.9. The van der Waals surface area contributed by atoms with Gasteiger partial charge in [-0.25, -0.2) is 4.79 Å². The lowest BCUT2D eigenvalue weighted by Gasteiger charge is -2.65. The van der Waals surface area contributed by atoms with Crippen LogP contribution in [-0.4, -0.2) is 93.4 Å². The minimum absolute atomic E-state index is 0.0519. The molecule has 0 radical (unpaired) electrons. The van der Waals surface area contributed by atoms with Gasteiger partial charge in [0.1, 0.15) is 25.6 Å². The molecule has 0 aromatic heterocycles. The molecule has 1 unspecified atom stereocenters. The van der Waals surface area contributed by atoms with Crippen LogP contribution in [0.3, 0.4) is 0 Å². The molecule has 2 fully saturated rings.